The predicted octanol–water partition coefficient (Wildman–Crippen LogP) is 3.97. The second-order valence-corrected chi connectivity index (χ2v) is 7.36. The van der Waals surface area contributed by atoms with Crippen LogP contribution in [0.5, 0.6) is 0 Å². The van der Waals surface area contributed by atoms with Crippen molar-refractivity contribution >= 4 is 28.8 Å². The second kappa shape index (κ2) is 9.45. The average molecular weight is 393 g/mol. The first-order valence-electron chi connectivity index (χ1n) is 10.2. The molecular formula is C23H28N4O2. The van der Waals surface area contributed by atoms with Crippen molar-refractivity contribution in [1.29, 1.82) is 0 Å². The van der Waals surface area contributed by atoms with Crippen molar-refractivity contribution in [3.63, 3.8) is 0 Å². The van der Waals surface area contributed by atoms with Gasteiger partial charge in [-0.15, -0.1) is 0 Å². The number of carbonyl (C=O) groups is 1. The molecule has 2 aromatic rings. The van der Waals surface area contributed by atoms with Gasteiger partial charge in [0.1, 0.15) is 11.5 Å². The highest BCUT2D eigenvalue weighted by molar-refractivity contribution is 5.91. The first kappa shape index (κ1) is 20.7. The van der Waals surface area contributed by atoms with Crippen molar-refractivity contribution in [3.8, 4) is 0 Å². The number of hydrogen-bond donors (Lipinski definition) is 1. The van der Waals surface area contributed by atoms with E-state index >= 15 is 0 Å². The van der Waals surface area contributed by atoms with E-state index < -0.39 is 0 Å². The summed E-state index contributed by atoms with van der Waals surface area (Å²) in [6.07, 6.45) is 7.75. The standard InChI is InChI=1S/C23H28N4O2/c1-4-19(15-24-6-3)25-21-9-7-17-8-10-22(29)27(23(17)26-21)12-11-16-13-18(14-16)20(28)5-2/h4-5,7-10,15-16,18H,2,6,11-14H2,1,3H3,(H,25,26)/b19-4+,24-15?. The number of allylic oxidation sites excluding steroid dienone is 3. The molecule has 0 saturated heterocycles. The third kappa shape index (κ3) is 4.88. The van der Waals surface area contributed by atoms with Crippen LogP contribution in [-0.4, -0.2) is 28.1 Å². The molecular weight excluding hydrogens is 364 g/mol. The van der Waals surface area contributed by atoms with Crippen LogP contribution in [0.1, 0.15) is 33.1 Å². The molecule has 3 rings (SSSR count). The Morgan fingerprint density at radius 2 is 2.10 bits per heavy atom. The number of rotatable bonds is 9. The van der Waals surface area contributed by atoms with Gasteiger partial charge in [-0.2, -0.15) is 0 Å². The number of ketones is 1. The van der Waals surface area contributed by atoms with Crippen molar-refractivity contribution in [1.82, 2.24) is 9.55 Å². The van der Waals surface area contributed by atoms with E-state index in [1.165, 1.54) is 6.08 Å². The van der Waals surface area contributed by atoms with Gasteiger partial charge in [-0.3, -0.25) is 19.1 Å². The summed E-state index contributed by atoms with van der Waals surface area (Å²) in [5, 5.41) is 4.18. The van der Waals surface area contributed by atoms with Gasteiger partial charge in [-0.1, -0.05) is 12.7 Å². The number of nitrogens with one attached hydrogen (secondary N) is 1. The van der Waals surface area contributed by atoms with E-state index in [0.29, 0.717) is 30.5 Å². The number of anilines is 1. The van der Waals surface area contributed by atoms with Crippen LogP contribution in [0.4, 0.5) is 5.82 Å². The average Bonchev–Trinajstić information content (AvgIpc) is 2.70. The van der Waals surface area contributed by atoms with Crippen molar-refractivity contribution in [3.05, 3.63) is 59.0 Å². The van der Waals surface area contributed by atoms with Gasteiger partial charge in [-0.05, 0) is 63.3 Å². The van der Waals surface area contributed by atoms with Gasteiger partial charge in [-0.25, -0.2) is 4.98 Å². The molecule has 6 heteroatoms. The molecule has 2 aromatic heterocycles. The molecule has 1 aliphatic rings. The summed E-state index contributed by atoms with van der Waals surface area (Å²) in [6.45, 7) is 8.78. The molecule has 0 amide bonds. The van der Waals surface area contributed by atoms with Gasteiger partial charge >= 0.3 is 0 Å². The predicted molar refractivity (Wildman–Crippen MR) is 118 cm³/mol. The van der Waals surface area contributed by atoms with E-state index in [1.54, 1.807) is 16.8 Å². The van der Waals surface area contributed by atoms with Crippen molar-refractivity contribution in [2.45, 2.75) is 39.7 Å². The number of aryl methyl sites for hydroxylation is 1. The highest BCUT2D eigenvalue weighted by Crippen LogP contribution is 2.37. The van der Waals surface area contributed by atoms with Crippen LogP contribution in [-0.2, 0) is 11.3 Å². The first-order valence-corrected chi connectivity index (χ1v) is 10.2. The Bertz CT molecular complexity index is 1010. The normalized spacial score (nSPS) is 19.3. The summed E-state index contributed by atoms with van der Waals surface area (Å²) in [5.74, 6) is 1.38. The lowest BCUT2D eigenvalue weighted by molar-refractivity contribution is -0.122. The molecule has 0 unspecified atom stereocenters. The molecule has 29 heavy (non-hydrogen) atoms. The smallest absolute Gasteiger partial charge is 0.252 e. The minimum Gasteiger partial charge on any atom is -0.339 e. The molecule has 0 aliphatic heterocycles. The fourth-order valence-corrected chi connectivity index (χ4v) is 3.65. The largest absolute Gasteiger partial charge is 0.339 e. The zero-order valence-corrected chi connectivity index (χ0v) is 17.1. The maximum atomic E-state index is 12.5. The van der Waals surface area contributed by atoms with Crippen LogP contribution in [0.15, 0.2) is 58.5 Å². The van der Waals surface area contributed by atoms with Crippen LogP contribution < -0.4 is 10.9 Å². The van der Waals surface area contributed by atoms with E-state index in [9.17, 15) is 9.59 Å². The third-order valence-corrected chi connectivity index (χ3v) is 5.43. The summed E-state index contributed by atoms with van der Waals surface area (Å²) >= 11 is 0. The Morgan fingerprint density at radius 1 is 1.34 bits per heavy atom. The van der Waals surface area contributed by atoms with Crippen LogP contribution in [0.2, 0.25) is 0 Å². The molecule has 1 saturated carbocycles. The molecule has 1 fully saturated rings. The van der Waals surface area contributed by atoms with Crippen LogP contribution in [0.3, 0.4) is 0 Å². The minimum absolute atomic E-state index is 0.0565. The van der Waals surface area contributed by atoms with Gasteiger partial charge in [0, 0.05) is 36.7 Å². The van der Waals surface area contributed by atoms with Crippen molar-refractivity contribution in [2.24, 2.45) is 16.8 Å². The van der Waals surface area contributed by atoms with Gasteiger partial charge in [0.25, 0.3) is 5.56 Å². The summed E-state index contributed by atoms with van der Waals surface area (Å²) in [5.41, 5.74) is 1.47. The Balaban J connectivity index is 1.77. The van der Waals surface area contributed by atoms with Crippen LogP contribution in [0, 0.1) is 11.8 Å². The molecule has 2 heterocycles. The molecule has 0 spiro atoms. The monoisotopic (exact) mass is 392 g/mol. The maximum Gasteiger partial charge on any atom is 0.252 e. The van der Waals surface area contributed by atoms with E-state index in [-0.39, 0.29) is 17.3 Å². The van der Waals surface area contributed by atoms with Gasteiger partial charge in [0.2, 0.25) is 0 Å². The van der Waals surface area contributed by atoms with Gasteiger partial charge in [0.15, 0.2) is 5.78 Å². The molecule has 0 radical (unpaired) electrons. The van der Waals surface area contributed by atoms with Gasteiger partial charge < -0.3 is 5.32 Å². The number of aliphatic imine (C=N–C) groups is 1. The second-order valence-electron chi connectivity index (χ2n) is 7.36. The molecule has 0 aromatic carbocycles. The Kier molecular flexibility index (Phi) is 6.75. The SMILES string of the molecule is C=CC(=O)C1CC(CCn2c(=O)ccc3ccc(N/C(C=NCC)=C/C)nc32)C1. The van der Waals surface area contributed by atoms with Crippen molar-refractivity contribution in [2.75, 3.05) is 11.9 Å². The Hall–Kier alpha value is -3.02. The number of nitrogens with zero attached hydrogens (tertiary/aromatic N) is 3. The Labute approximate surface area is 171 Å². The number of carbonyl (C=O) groups excluding carboxylic acids is 1. The molecule has 1 N–H and O–H groups in total. The molecule has 6 nitrogen and oxygen atoms in total. The minimum atomic E-state index is -0.0565. The first-order chi connectivity index (χ1) is 14.0. The maximum absolute atomic E-state index is 12.5. The number of hydrogen-bond acceptors (Lipinski definition) is 5. The lowest BCUT2D eigenvalue weighted by Gasteiger charge is -2.33. The summed E-state index contributed by atoms with van der Waals surface area (Å²) < 4.78 is 1.73. The number of pyridine rings is 2. The van der Waals surface area contributed by atoms with Crippen molar-refractivity contribution < 1.29 is 4.79 Å². The van der Waals surface area contributed by atoms with Crippen LogP contribution in [0.25, 0.3) is 11.0 Å². The molecule has 0 atom stereocenters. The fourth-order valence-electron chi connectivity index (χ4n) is 3.65. The lowest BCUT2D eigenvalue weighted by atomic mass is 9.71. The number of aromatic nitrogens is 2. The molecule has 0 bridgehead atoms. The summed E-state index contributed by atoms with van der Waals surface area (Å²) in [4.78, 5) is 33.1. The van der Waals surface area contributed by atoms with E-state index in [4.69, 9.17) is 4.98 Å². The topological polar surface area (TPSA) is 76.3 Å². The van der Waals surface area contributed by atoms with E-state index in [1.807, 2.05) is 38.1 Å². The Morgan fingerprint density at radius 3 is 2.79 bits per heavy atom. The molecule has 1 aliphatic carbocycles. The van der Waals surface area contributed by atoms with E-state index in [2.05, 4.69) is 16.9 Å². The zero-order valence-electron chi connectivity index (χ0n) is 17.1. The zero-order chi connectivity index (χ0) is 20.8. The number of fused-ring (bicyclic) bond motifs is 1. The highest BCUT2D eigenvalue weighted by Gasteiger charge is 2.32. The quantitative estimate of drug-likeness (QED) is 0.517. The van der Waals surface area contributed by atoms with E-state index in [0.717, 1.165) is 30.3 Å². The third-order valence-electron chi connectivity index (χ3n) is 5.43. The fraction of sp³-hybridized carbons (Fsp3) is 0.391. The molecule has 152 valence electrons. The highest BCUT2D eigenvalue weighted by atomic mass is 16.1. The van der Waals surface area contributed by atoms with Crippen LogP contribution >= 0.6 is 0 Å². The van der Waals surface area contributed by atoms with Gasteiger partial charge in [0.05, 0.1) is 5.70 Å². The lowest BCUT2D eigenvalue weighted by Crippen LogP contribution is -2.31. The summed E-state index contributed by atoms with van der Waals surface area (Å²) in [6, 6.07) is 7.26. The summed E-state index contributed by atoms with van der Waals surface area (Å²) in [7, 11) is 0.